The lowest BCUT2D eigenvalue weighted by atomic mass is 9.95. The zero-order chi connectivity index (χ0) is 21.1. The second kappa shape index (κ2) is 8.04. The SMILES string of the molecule is O=C(C=CC1=CC=C(O)C(O)(NS(=O)(=O)c2ccc(O)cc2)C1)c1ccccc1. The number of aromatic hydroxyl groups is 1. The minimum atomic E-state index is -4.20. The van der Waals surface area contributed by atoms with Crippen LogP contribution in [-0.4, -0.2) is 35.2 Å². The molecule has 29 heavy (non-hydrogen) atoms. The van der Waals surface area contributed by atoms with E-state index in [4.69, 9.17) is 0 Å². The van der Waals surface area contributed by atoms with Gasteiger partial charge in [-0.05, 0) is 42.0 Å². The van der Waals surface area contributed by atoms with Crippen LogP contribution in [0.5, 0.6) is 5.75 Å². The van der Waals surface area contributed by atoms with Gasteiger partial charge in [-0.1, -0.05) is 42.5 Å². The molecular formula is C21H19NO6S. The molecule has 0 amide bonds. The molecule has 0 spiro atoms. The lowest BCUT2D eigenvalue weighted by molar-refractivity contribution is 0.0241. The average molecular weight is 413 g/mol. The van der Waals surface area contributed by atoms with Crippen molar-refractivity contribution in [3.05, 3.63) is 95.8 Å². The molecule has 2 aromatic carbocycles. The Morgan fingerprint density at radius 1 is 1.00 bits per heavy atom. The van der Waals surface area contributed by atoms with Gasteiger partial charge in [-0.15, -0.1) is 0 Å². The quantitative estimate of drug-likeness (QED) is 0.328. The number of nitrogens with one attached hydrogen (secondary N) is 1. The van der Waals surface area contributed by atoms with Crippen molar-refractivity contribution >= 4 is 15.8 Å². The third kappa shape index (κ3) is 4.80. The fraction of sp³-hybridized carbons (Fsp3) is 0.0952. The molecule has 0 saturated carbocycles. The van der Waals surface area contributed by atoms with Gasteiger partial charge in [-0.2, -0.15) is 4.72 Å². The number of hydrogen-bond acceptors (Lipinski definition) is 6. The molecule has 0 aromatic heterocycles. The average Bonchev–Trinajstić information content (AvgIpc) is 2.69. The highest BCUT2D eigenvalue weighted by Gasteiger charge is 2.39. The maximum absolute atomic E-state index is 12.5. The summed E-state index contributed by atoms with van der Waals surface area (Å²) in [5.74, 6) is -0.939. The molecule has 0 aliphatic heterocycles. The number of carbonyl (C=O) groups is 1. The molecule has 1 atom stereocenters. The summed E-state index contributed by atoms with van der Waals surface area (Å²) in [6, 6.07) is 13.3. The molecule has 0 bridgehead atoms. The number of aliphatic hydroxyl groups excluding tert-OH is 1. The van der Waals surface area contributed by atoms with Gasteiger partial charge in [0.2, 0.25) is 10.0 Å². The number of allylic oxidation sites excluding steroid dienone is 4. The molecule has 0 radical (unpaired) electrons. The maximum atomic E-state index is 12.5. The van der Waals surface area contributed by atoms with Crippen LogP contribution in [0.2, 0.25) is 0 Å². The molecule has 7 nitrogen and oxygen atoms in total. The van der Waals surface area contributed by atoms with Crippen molar-refractivity contribution in [1.82, 2.24) is 4.72 Å². The van der Waals surface area contributed by atoms with E-state index in [1.165, 1.54) is 42.5 Å². The van der Waals surface area contributed by atoms with Crippen LogP contribution < -0.4 is 4.72 Å². The van der Waals surface area contributed by atoms with Crippen LogP contribution in [0.1, 0.15) is 16.8 Å². The van der Waals surface area contributed by atoms with Crippen LogP contribution in [0.3, 0.4) is 0 Å². The lowest BCUT2D eigenvalue weighted by Gasteiger charge is -2.30. The standard InChI is InChI=1S/C21H19NO6S/c23-17-8-10-18(11-9-17)29(27,28)22-21(26)14-15(7-13-20(21)25)6-12-19(24)16-4-2-1-3-5-16/h1-13,22-23,25-26H,14H2. The molecule has 8 heteroatoms. The summed E-state index contributed by atoms with van der Waals surface area (Å²) in [7, 11) is -4.20. The zero-order valence-corrected chi connectivity index (χ0v) is 16.0. The summed E-state index contributed by atoms with van der Waals surface area (Å²) in [6.45, 7) is 0. The van der Waals surface area contributed by atoms with E-state index in [2.05, 4.69) is 4.72 Å². The van der Waals surface area contributed by atoms with E-state index < -0.39 is 21.5 Å². The van der Waals surface area contributed by atoms with Crippen LogP contribution in [0.15, 0.2) is 95.1 Å². The summed E-state index contributed by atoms with van der Waals surface area (Å²) in [5, 5.41) is 30.1. The van der Waals surface area contributed by atoms with Gasteiger partial charge in [0.25, 0.3) is 0 Å². The summed E-state index contributed by atoms with van der Waals surface area (Å²) < 4.78 is 27.1. The number of phenolic OH excluding ortho intramolecular Hbond substituents is 1. The van der Waals surface area contributed by atoms with E-state index in [-0.39, 0.29) is 22.8 Å². The first-order chi connectivity index (χ1) is 13.7. The molecule has 1 aliphatic carbocycles. The van der Waals surface area contributed by atoms with Gasteiger partial charge in [-0.25, -0.2) is 8.42 Å². The molecular weight excluding hydrogens is 394 g/mol. The highest BCUT2D eigenvalue weighted by Crippen LogP contribution is 2.29. The summed E-state index contributed by atoms with van der Waals surface area (Å²) >= 11 is 0. The van der Waals surface area contributed by atoms with E-state index in [1.807, 2.05) is 0 Å². The molecule has 0 heterocycles. The first kappa shape index (κ1) is 20.5. The molecule has 4 N–H and O–H groups in total. The number of ketones is 1. The van der Waals surface area contributed by atoms with Gasteiger partial charge in [0.05, 0.1) is 4.90 Å². The molecule has 150 valence electrons. The lowest BCUT2D eigenvalue weighted by Crippen LogP contribution is -2.50. The minimum absolute atomic E-state index is 0.110. The van der Waals surface area contributed by atoms with Crippen molar-refractivity contribution < 1.29 is 28.5 Å². The van der Waals surface area contributed by atoms with Gasteiger partial charge < -0.3 is 15.3 Å². The Kier molecular flexibility index (Phi) is 5.69. The Morgan fingerprint density at radius 2 is 1.66 bits per heavy atom. The van der Waals surface area contributed by atoms with E-state index in [0.29, 0.717) is 11.1 Å². The van der Waals surface area contributed by atoms with Crippen molar-refractivity contribution in [3.8, 4) is 5.75 Å². The molecule has 3 rings (SSSR count). The fourth-order valence-electron chi connectivity index (χ4n) is 2.76. The molecule has 0 fully saturated rings. The first-order valence-electron chi connectivity index (χ1n) is 8.63. The van der Waals surface area contributed by atoms with Crippen molar-refractivity contribution in [1.29, 1.82) is 0 Å². The van der Waals surface area contributed by atoms with Gasteiger partial charge in [0, 0.05) is 12.0 Å². The Bertz CT molecular complexity index is 1100. The van der Waals surface area contributed by atoms with E-state index in [9.17, 15) is 28.5 Å². The topological polar surface area (TPSA) is 124 Å². The molecule has 0 saturated heterocycles. The van der Waals surface area contributed by atoms with Crippen molar-refractivity contribution in [2.45, 2.75) is 17.0 Å². The normalized spacial score (nSPS) is 19.6. The smallest absolute Gasteiger partial charge is 0.243 e. The Balaban J connectivity index is 1.78. The summed E-state index contributed by atoms with van der Waals surface area (Å²) in [6.07, 6.45) is 5.12. The van der Waals surface area contributed by atoms with Gasteiger partial charge >= 0.3 is 0 Å². The highest BCUT2D eigenvalue weighted by atomic mass is 32.2. The van der Waals surface area contributed by atoms with Crippen molar-refractivity contribution in [2.75, 3.05) is 0 Å². The second-order valence-electron chi connectivity index (χ2n) is 6.49. The number of carbonyl (C=O) groups excluding carboxylic acids is 1. The number of aliphatic hydroxyl groups is 2. The largest absolute Gasteiger partial charge is 0.508 e. The van der Waals surface area contributed by atoms with E-state index in [0.717, 1.165) is 6.08 Å². The van der Waals surface area contributed by atoms with E-state index >= 15 is 0 Å². The van der Waals surface area contributed by atoms with Crippen LogP contribution in [0, 0.1) is 0 Å². The second-order valence-corrected chi connectivity index (χ2v) is 8.18. The fourth-order valence-corrected chi connectivity index (χ4v) is 3.99. The van der Waals surface area contributed by atoms with Crippen molar-refractivity contribution in [3.63, 3.8) is 0 Å². The van der Waals surface area contributed by atoms with Gasteiger partial charge in [-0.3, -0.25) is 4.79 Å². The van der Waals surface area contributed by atoms with Crippen LogP contribution >= 0.6 is 0 Å². The van der Waals surface area contributed by atoms with E-state index in [1.54, 1.807) is 30.3 Å². The number of benzene rings is 2. The van der Waals surface area contributed by atoms with Crippen molar-refractivity contribution in [2.24, 2.45) is 0 Å². The van der Waals surface area contributed by atoms with Gasteiger partial charge in [0.15, 0.2) is 11.5 Å². The van der Waals surface area contributed by atoms with Crippen LogP contribution in [0.25, 0.3) is 0 Å². The maximum Gasteiger partial charge on any atom is 0.243 e. The first-order valence-corrected chi connectivity index (χ1v) is 10.1. The third-order valence-electron chi connectivity index (χ3n) is 4.30. The Labute approximate surface area is 168 Å². The summed E-state index contributed by atoms with van der Waals surface area (Å²) in [5.41, 5.74) is -1.36. The molecule has 2 aromatic rings. The highest BCUT2D eigenvalue weighted by molar-refractivity contribution is 7.89. The molecule has 1 aliphatic rings. The molecule has 1 unspecified atom stereocenters. The van der Waals surface area contributed by atoms with Crippen LogP contribution in [-0.2, 0) is 10.0 Å². The number of sulfonamides is 1. The Hall–Kier alpha value is -3.20. The zero-order valence-electron chi connectivity index (χ0n) is 15.2. The summed E-state index contributed by atoms with van der Waals surface area (Å²) in [4.78, 5) is 12.0. The minimum Gasteiger partial charge on any atom is -0.508 e. The monoisotopic (exact) mass is 413 g/mol. The van der Waals surface area contributed by atoms with Gasteiger partial charge in [0.1, 0.15) is 11.5 Å². The number of hydrogen-bond donors (Lipinski definition) is 4. The Morgan fingerprint density at radius 3 is 2.31 bits per heavy atom. The number of phenols is 1. The third-order valence-corrected chi connectivity index (χ3v) is 5.80. The number of rotatable bonds is 6. The van der Waals surface area contributed by atoms with Crippen LogP contribution in [0.4, 0.5) is 0 Å². The predicted molar refractivity (Wildman–Crippen MR) is 107 cm³/mol. The predicted octanol–water partition coefficient (Wildman–Crippen LogP) is 2.57.